The summed E-state index contributed by atoms with van der Waals surface area (Å²) in [4.78, 5) is 23.9. The SMILES string of the molecule is CC1(C)OB(c2ccc3c(c2)CCC3NC(=O)C2(NC(=O)C(F)(F)F)CC2)OC1(C)C. The van der Waals surface area contributed by atoms with Crippen molar-refractivity contribution in [3.8, 4) is 0 Å². The fraction of sp³-hybridized carbons (Fsp3) is 0.619. The van der Waals surface area contributed by atoms with Crippen LogP contribution in [0.4, 0.5) is 13.2 Å². The summed E-state index contributed by atoms with van der Waals surface area (Å²) >= 11 is 0. The highest BCUT2D eigenvalue weighted by Gasteiger charge is 2.55. The van der Waals surface area contributed by atoms with E-state index in [0.29, 0.717) is 6.42 Å². The number of hydrogen-bond acceptors (Lipinski definition) is 4. The maximum absolute atomic E-state index is 12.6. The Hall–Kier alpha value is -2.07. The van der Waals surface area contributed by atoms with E-state index in [-0.39, 0.29) is 18.9 Å². The first-order valence-corrected chi connectivity index (χ1v) is 10.4. The van der Waals surface area contributed by atoms with Crippen LogP contribution in [0.15, 0.2) is 18.2 Å². The van der Waals surface area contributed by atoms with Gasteiger partial charge in [-0.15, -0.1) is 0 Å². The van der Waals surface area contributed by atoms with Crippen LogP contribution >= 0.6 is 0 Å². The summed E-state index contributed by atoms with van der Waals surface area (Å²) < 4.78 is 49.9. The Morgan fingerprint density at radius 3 is 2.26 bits per heavy atom. The number of amides is 2. The van der Waals surface area contributed by atoms with Crippen LogP contribution in [0.25, 0.3) is 0 Å². The van der Waals surface area contributed by atoms with Gasteiger partial charge in [0.15, 0.2) is 0 Å². The Kier molecular flexibility index (Phi) is 4.98. The highest BCUT2D eigenvalue weighted by Crippen LogP contribution is 2.40. The Balaban J connectivity index is 1.44. The van der Waals surface area contributed by atoms with Crippen LogP contribution in [0.1, 0.15) is 64.1 Å². The molecule has 2 aliphatic carbocycles. The molecule has 168 valence electrons. The molecule has 4 rings (SSSR count). The lowest BCUT2D eigenvalue weighted by atomic mass is 9.78. The van der Waals surface area contributed by atoms with E-state index in [1.165, 1.54) is 0 Å². The largest absolute Gasteiger partial charge is 0.494 e. The van der Waals surface area contributed by atoms with E-state index in [2.05, 4.69) is 5.32 Å². The van der Waals surface area contributed by atoms with Crippen LogP contribution in [0.5, 0.6) is 0 Å². The van der Waals surface area contributed by atoms with Crippen molar-refractivity contribution in [2.24, 2.45) is 0 Å². The molecule has 2 amide bonds. The first kappa shape index (κ1) is 22.1. The minimum absolute atomic E-state index is 0.196. The molecule has 6 nitrogen and oxygen atoms in total. The summed E-state index contributed by atoms with van der Waals surface area (Å²) in [5, 5.41) is 4.68. The molecule has 1 atom stereocenters. The number of rotatable bonds is 4. The average Bonchev–Trinajstić information content (AvgIpc) is 3.27. The second-order valence-electron chi connectivity index (χ2n) is 9.65. The molecule has 1 saturated carbocycles. The van der Waals surface area contributed by atoms with Gasteiger partial charge in [-0.1, -0.05) is 18.2 Å². The summed E-state index contributed by atoms with van der Waals surface area (Å²) in [6, 6.07) is 5.49. The number of aryl methyl sites for hydroxylation is 1. The van der Waals surface area contributed by atoms with Crippen molar-refractivity contribution in [3.63, 3.8) is 0 Å². The van der Waals surface area contributed by atoms with Crippen molar-refractivity contribution in [3.05, 3.63) is 29.3 Å². The summed E-state index contributed by atoms with van der Waals surface area (Å²) in [6.07, 6.45) is -3.27. The van der Waals surface area contributed by atoms with Crippen LogP contribution in [0, 0.1) is 0 Å². The van der Waals surface area contributed by atoms with E-state index >= 15 is 0 Å². The van der Waals surface area contributed by atoms with Crippen LogP contribution in [-0.2, 0) is 25.3 Å². The maximum Gasteiger partial charge on any atom is 0.494 e. The lowest BCUT2D eigenvalue weighted by molar-refractivity contribution is -0.175. The first-order valence-electron chi connectivity index (χ1n) is 10.4. The number of benzene rings is 1. The molecule has 1 aromatic rings. The minimum Gasteiger partial charge on any atom is -0.399 e. The van der Waals surface area contributed by atoms with Gasteiger partial charge in [-0.2, -0.15) is 13.2 Å². The predicted octanol–water partition coefficient (Wildman–Crippen LogP) is 2.30. The van der Waals surface area contributed by atoms with Crippen LogP contribution < -0.4 is 16.1 Å². The van der Waals surface area contributed by atoms with Crippen LogP contribution in [0.2, 0.25) is 0 Å². The molecule has 3 aliphatic rings. The number of halogens is 3. The molecule has 10 heteroatoms. The third-order valence-electron chi connectivity index (χ3n) is 6.87. The Bertz CT molecular complexity index is 912. The molecular formula is C21H26BF3N2O4. The lowest BCUT2D eigenvalue weighted by Gasteiger charge is -2.32. The molecule has 1 unspecified atom stereocenters. The second-order valence-corrected chi connectivity index (χ2v) is 9.65. The van der Waals surface area contributed by atoms with Crippen LogP contribution in [-0.4, -0.2) is 41.9 Å². The normalized spacial score (nSPS) is 25.1. The monoisotopic (exact) mass is 438 g/mol. The fourth-order valence-electron chi connectivity index (χ4n) is 4.03. The van der Waals surface area contributed by atoms with Crippen molar-refractivity contribution in [2.75, 3.05) is 0 Å². The molecule has 2 N–H and O–H groups in total. The first-order chi connectivity index (χ1) is 14.2. The Morgan fingerprint density at radius 2 is 1.71 bits per heavy atom. The predicted molar refractivity (Wildman–Crippen MR) is 108 cm³/mol. The molecule has 0 radical (unpaired) electrons. The van der Waals surface area contributed by atoms with Gasteiger partial charge in [0.1, 0.15) is 5.54 Å². The van der Waals surface area contributed by atoms with Crippen molar-refractivity contribution in [2.45, 2.75) is 82.3 Å². The van der Waals surface area contributed by atoms with Gasteiger partial charge < -0.3 is 19.9 Å². The zero-order chi connectivity index (χ0) is 22.8. The molecule has 1 aromatic carbocycles. The summed E-state index contributed by atoms with van der Waals surface area (Å²) in [7, 11) is -0.490. The number of alkyl halides is 3. The zero-order valence-corrected chi connectivity index (χ0v) is 18.0. The van der Waals surface area contributed by atoms with E-state index < -0.39 is 41.9 Å². The third kappa shape index (κ3) is 3.95. The highest BCUT2D eigenvalue weighted by molar-refractivity contribution is 6.62. The number of carbonyl (C=O) groups is 2. The van der Waals surface area contributed by atoms with Gasteiger partial charge in [-0.05, 0) is 70.0 Å². The van der Waals surface area contributed by atoms with Gasteiger partial charge in [0.2, 0.25) is 5.91 Å². The number of carbonyl (C=O) groups excluding carboxylic acids is 2. The molecule has 31 heavy (non-hydrogen) atoms. The lowest BCUT2D eigenvalue weighted by Crippen LogP contribution is -2.53. The number of hydrogen-bond donors (Lipinski definition) is 2. The van der Waals surface area contributed by atoms with E-state index in [1.807, 2.05) is 51.2 Å². The Morgan fingerprint density at radius 1 is 1.10 bits per heavy atom. The molecule has 1 heterocycles. The minimum atomic E-state index is -5.01. The smallest absolute Gasteiger partial charge is 0.399 e. The van der Waals surface area contributed by atoms with Gasteiger partial charge in [0.05, 0.1) is 17.2 Å². The second kappa shape index (κ2) is 6.97. The summed E-state index contributed by atoms with van der Waals surface area (Å²) in [5.41, 5.74) is 0.491. The standard InChI is InChI=1S/C21H26BF3N2O4/c1-18(2)19(3,4)31-22(30-18)13-6-7-14-12(11-13)5-8-15(14)26-16(28)20(9-10-20)27-17(29)21(23,24)25/h6-7,11,15H,5,8-10H2,1-4H3,(H,26,28)(H,27,29). The van der Waals surface area contributed by atoms with Gasteiger partial charge in [-0.3, -0.25) is 9.59 Å². The number of fused-ring (bicyclic) bond motifs is 1. The quantitative estimate of drug-likeness (QED) is 0.708. The Labute approximate surface area is 179 Å². The molecule has 1 saturated heterocycles. The van der Waals surface area contributed by atoms with Crippen molar-refractivity contribution in [1.82, 2.24) is 10.6 Å². The molecular weight excluding hydrogens is 412 g/mol. The van der Waals surface area contributed by atoms with Gasteiger partial charge in [0, 0.05) is 0 Å². The maximum atomic E-state index is 12.6. The van der Waals surface area contributed by atoms with Gasteiger partial charge in [0.25, 0.3) is 0 Å². The van der Waals surface area contributed by atoms with Crippen LogP contribution in [0.3, 0.4) is 0 Å². The fourth-order valence-corrected chi connectivity index (χ4v) is 4.03. The average molecular weight is 438 g/mol. The summed E-state index contributed by atoms with van der Waals surface area (Å²) in [6.45, 7) is 7.93. The summed E-state index contributed by atoms with van der Waals surface area (Å²) in [5.74, 6) is -2.66. The van der Waals surface area contributed by atoms with E-state index in [0.717, 1.165) is 23.0 Å². The molecule has 0 aromatic heterocycles. The van der Waals surface area contributed by atoms with Crippen molar-refractivity contribution >= 4 is 24.4 Å². The molecule has 1 aliphatic heterocycles. The molecule has 0 spiro atoms. The molecule has 2 fully saturated rings. The molecule has 0 bridgehead atoms. The highest BCUT2D eigenvalue weighted by atomic mass is 19.4. The van der Waals surface area contributed by atoms with Gasteiger partial charge in [-0.25, -0.2) is 0 Å². The number of nitrogens with one attached hydrogen (secondary N) is 2. The van der Waals surface area contributed by atoms with Crippen molar-refractivity contribution in [1.29, 1.82) is 0 Å². The van der Waals surface area contributed by atoms with Crippen molar-refractivity contribution < 1.29 is 32.1 Å². The van der Waals surface area contributed by atoms with E-state index in [9.17, 15) is 22.8 Å². The topological polar surface area (TPSA) is 76.7 Å². The zero-order valence-electron chi connectivity index (χ0n) is 18.0. The van der Waals surface area contributed by atoms with E-state index in [1.54, 1.807) is 0 Å². The van der Waals surface area contributed by atoms with Gasteiger partial charge >= 0.3 is 19.2 Å². The third-order valence-corrected chi connectivity index (χ3v) is 6.87. The van der Waals surface area contributed by atoms with E-state index in [4.69, 9.17) is 9.31 Å².